The number of hydrogen-bond acceptors (Lipinski definition) is 3. The number of rotatable bonds is 2. The highest BCUT2D eigenvalue weighted by Gasteiger charge is 2.27. The molecule has 0 saturated carbocycles. The molecule has 1 aromatic carbocycles. The van der Waals surface area contributed by atoms with E-state index in [9.17, 15) is 4.79 Å². The fourth-order valence-electron chi connectivity index (χ4n) is 2.67. The molecule has 0 spiro atoms. The molecule has 22 heavy (non-hydrogen) atoms. The van der Waals surface area contributed by atoms with E-state index in [1.54, 1.807) is 10.9 Å². The molecule has 1 aliphatic rings. The number of nitrogens with zero attached hydrogens (tertiary/aromatic N) is 3. The largest absolute Gasteiger partial charge is 0.377 e. The van der Waals surface area contributed by atoms with Crippen molar-refractivity contribution in [3.8, 4) is 5.69 Å². The van der Waals surface area contributed by atoms with E-state index < -0.39 is 0 Å². The van der Waals surface area contributed by atoms with Gasteiger partial charge in [0.1, 0.15) is 0 Å². The van der Waals surface area contributed by atoms with Crippen LogP contribution in [0.2, 0.25) is 5.02 Å². The standard InChI is InChI=1S/C16H18ClN3O2/c1-11-10-22-7-6-19(11)16(21)15-9-18-20(12(15)2)14-5-3-4-13(17)8-14/h3-5,8-9,11H,6-7,10H2,1-2H3/t11-/m0/s1. The van der Waals surface area contributed by atoms with Gasteiger partial charge in [0.05, 0.1) is 42.4 Å². The van der Waals surface area contributed by atoms with Gasteiger partial charge >= 0.3 is 0 Å². The van der Waals surface area contributed by atoms with Gasteiger partial charge in [0.2, 0.25) is 0 Å². The van der Waals surface area contributed by atoms with E-state index in [0.717, 1.165) is 11.4 Å². The average Bonchev–Trinajstić information content (AvgIpc) is 2.89. The van der Waals surface area contributed by atoms with E-state index in [-0.39, 0.29) is 11.9 Å². The molecule has 1 atom stereocenters. The molecule has 116 valence electrons. The van der Waals surface area contributed by atoms with Gasteiger partial charge in [0.25, 0.3) is 5.91 Å². The Kier molecular flexibility index (Phi) is 4.18. The van der Waals surface area contributed by atoms with E-state index in [1.165, 1.54) is 0 Å². The van der Waals surface area contributed by atoms with E-state index in [2.05, 4.69) is 5.10 Å². The zero-order valence-corrected chi connectivity index (χ0v) is 13.4. The third kappa shape index (κ3) is 2.74. The quantitative estimate of drug-likeness (QED) is 0.855. The van der Waals surface area contributed by atoms with E-state index >= 15 is 0 Å². The predicted molar refractivity (Wildman–Crippen MR) is 84.6 cm³/mol. The molecule has 3 rings (SSSR count). The van der Waals surface area contributed by atoms with E-state index in [0.29, 0.717) is 30.3 Å². The van der Waals surface area contributed by atoms with Crippen molar-refractivity contribution in [2.75, 3.05) is 19.8 Å². The summed E-state index contributed by atoms with van der Waals surface area (Å²) >= 11 is 6.03. The van der Waals surface area contributed by atoms with Crippen molar-refractivity contribution in [1.29, 1.82) is 0 Å². The van der Waals surface area contributed by atoms with Gasteiger partial charge in [-0.05, 0) is 32.0 Å². The molecule has 1 amide bonds. The van der Waals surface area contributed by atoms with Crippen LogP contribution in [0.4, 0.5) is 0 Å². The molecular formula is C16H18ClN3O2. The average molecular weight is 320 g/mol. The molecule has 1 aliphatic heterocycles. The molecule has 2 heterocycles. The Hall–Kier alpha value is -1.85. The maximum Gasteiger partial charge on any atom is 0.257 e. The summed E-state index contributed by atoms with van der Waals surface area (Å²) < 4.78 is 7.13. The number of morpholine rings is 1. The van der Waals surface area contributed by atoms with Crippen molar-refractivity contribution in [2.45, 2.75) is 19.9 Å². The number of carbonyl (C=O) groups excluding carboxylic acids is 1. The second kappa shape index (κ2) is 6.10. The first kappa shape index (κ1) is 15.1. The number of benzene rings is 1. The van der Waals surface area contributed by atoms with Crippen LogP contribution in [-0.4, -0.2) is 46.4 Å². The molecule has 0 unspecified atom stereocenters. The first-order valence-electron chi connectivity index (χ1n) is 7.27. The lowest BCUT2D eigenvalue weighted by atomic mass is 10.1. The lowest BCUT2D eigenvalue weighted by molar-refractivity contribution is 0.00355. The van der Waals surface area contributed by atoms with Crippen molar-refractivity contribution < 1.29 is 9.53 Å². The fourth-order valence-corrected chi connectivity index (χ4v) is 2.86. The summed E-state index contributed by atoms with van der Waals surface area (Å²) in [4.78, 5) is 14.6. The van der Waals surface area contributed by atoms with E-state index in [4.69, 9.17) is 16.3 Å². The summed E-state index contributed by atoms with van der Waals surface area (Å²) in [6.07, 6.45) is 1.63. The van der Waals surface area contributed by atoms with Crippen LogP contribution >= 0.6 is 11.6 Å². The van der Waals surface area contributed by atoms with Crippen LogP contribution in [0.15, 0.2) is 30.5 Å². The first-order chi connectivity index (χ1) is 10.6. The van der Waals surface area contributed by atoms with Crippen LogP contribution in [0.25, 0.3) is 5.69 Å². The minimum Gasteiger partial charge on any atom is -0.377 e. The second-order valence-corrected chi connectivity index (χ2v) is 5.89. The van der Waals surface area contributed by atoms with Crippen LogP contribution in [0.5, 0.6) is 0 Å². The van der Waals surface area contributed by atoms with Gasteiger partial charge in [-0.15, -0.1) is 0 Å². The van der Waals surface area contributed by atoms with Crippen molar-refractivity contribution in [1.82, 2.24) is 14.7 Å². The van der Waals surface area contributed by atoms with Crippen molar-refractivity contribution >= 4 is 17.5 Å². The Bertz CT molecular complexity index is 698. The summed E-state index contributed by atoms with van der Waals surface area (Å²) in [7, 11) is 0. The molecule has 0 radical (unpaired) electrons. The molecular weight excluding hydrogens is 302 g/mol. The number of amides is 1. The van der Waals surface area contributed by atoms with Gasteiger partial charge in [-0.2, -0.15) is 5.10 Å². The normalized spacial score (nSPS) is 18.5. The van der Waals surface area contributed by atoms with Crippen molar-refractivity contribution in [3.63, 3.8) is 0 Å². The molecule has 6 heteroatoms. The van der Waals surface area contributed by atoms with Gasteiger partial charge in [-0.3, -0.25) is 4.79 Å². The Morgan fingerprint density at radius 2 is 2.27 bits per heavy atom. The first-order valence-corrected chi connectivity index (χ1v) is 7.65. The number of ether oxygens (including phenoxy) is 1. The minimum atomic E-state index is 0.00146. The highest BCUT2D eigenvalue weighted by molar-refractivity contribution is 6.30. The van der Waals surface area contributed by atoms with Crippen molar-refractivity contribution in [2.24, 2.45) is 0 Å². The molecule has 5 nitrogen and oxygen atoms in total. The van der Waals surface area contributed by atoms with Crippen LogP contribution < -0.4 is 0 Å². The van der Waals surface area contributed by atoms with Crippen molar-refractivity contribution in [3.05, 3.63) is 46.7 Å². The highest BCUT2D eigenvalue weighted by Crippen LogP contribution is 2.20. The highest BCUT2D eigenvalue weighted by atomic mass is 35.5. The number of aromatic nitrogens is 2. The smallest absolute Gasteiger partial charge is 0.257 e. The molecule has 2 aromatic rings. The molecule has 0 bridgehead atoms. The number of hydrogen-bond donors (Lipinski definition) is 0. The SMILES string of the molecule is Cc1c(C(=O)N2CCOC[C@@H]2C)cnn1-c1cccc(Cl)c1. The lowest BCUT2D eigenvalue weighted by Gasteiger charge is -2.33. The van der Waals surface area contributed by atoms with Gasteiger partial charge in [-0.1, -0.05) is 17.7 Å². The molecule has 1 fully saturated rings. The third-order valence-corrected chi connectivity index (χ3v) is 4.16. The monoisotopic (exact) mass is 319 g/mol. The maximum absolute atomic E-state index is 12.7. The summed E-state index contributed by atoms with van der Waals surface area (Å²) in [6.45, 7) is 5.66. The van der Waals surface area contributed by atoms with Gasteiger partial charge in [0, 0.05) is 11.6 Å². The van der Waals surface area contributed by atoms with Crippen LogP contribution in [0.3, 0.4) is 0 Å². The van der Waals surface area contributed by atoms with Gasteiger partial charge in [-0.25, -0.2) is 4.68 Å². The summed E-state index contributed by atoms with van der Waals surface area (Å²) in [5.74, 6) is 0.00146. The fraction of sp³-hybridized carbons (Fsp3) is 0.375. The molecule has 0 N–H and O–H groups in total. The molecule has 1 saturated heterocycles. The third-order valence-electron chi connectivity index (χ3n) is 3.92. The second-order valence-electron chi connectivity index (χ2n) is 5.46. The minimum absolute atomic E-state index is 0.00146. The Balaban J connectivity index is 1.91. The van der Waals surface area contributed by atoms with Crippen LogP contribution in [-0.2, 0) is 4.74 Å². The summed E-state index contributed by atoms with van der Waals surface area (Å²) in [5, 5.41) is 4.99. The number of carbonyl (C=O) groups is 1. The molecule has 0 aliphatic carbocycles. The predicted octanol–water partition coefficient (Wildman–Crippen LogP) is 2.70. The van der Waals surface area contributed by atoms with Gasteiger partial charge in [0.15, 0.2) is 0 Å². The Labute approximate surface area is 134 Å². The topological polar surface area (TPSA) is 47.4 Å². The lowest BCUT2D eigenvalue weighted by Crippen LogP contribution is -2.47. The van der Waals surface area contributed by atoms with Crippen LogP contribution in [0.1, 0.15) is 23.0 Å². The maximum atomic E-state index is 12.7. The zero-order valence-electron chi connectivity index (χ0n) is 12.6. The number of halogens is 1. The van der Waals surface area contributed by atoms with E-state index in [1.807, 2.05) is 43.0 Å². The van der Waals surface area contributed by atoms with Gasteiger partial charge < -0.3 is 9.64 Å². The summed E-state index contributed by atoms with van der Waals surface area (Å²) in [5.41, 5.74) is 2.28. The Morgan fingerprint density at radius 3 is 3.00 bits per heavy atom. The summed E-state index contributed by atoms with van der Waals surface area (Å²) in [6, 6.07) is 7.50. The Morgan fingerprint density at radius 1 is 1.45 bits per heavy atom. The zero-order chi connectivity index (χ0) is 15.7. The van der Waals surface area contributed by atoms with Crippen LogP contribution in [0, 0.1) is 6.92 Å². The molecule has 1 aromatic heterocycles.